The number of fused-ring (bicyclic) bond motifs is 1. The summed E-state index contributed by atoms with van der Waals surface area (Å²) in [5, 5.41) is 2.78. The number of amides is 3. The number of carbonyl (C=O) groups is 2. The van der Waals surface area contributed by atoms with E-state index in [-0.39, 0.29) is 6.03 Å². The van der Waals surface area contributed by atoms with Gasteiger partial charge < -0.3 is 15.8 Å². The molecule has 0 aromatic heterocycles. The summed E-state index contributed by atoms with van der Waals surface area (Å²) in [4.78, 5) is 25.7. The van der Waals surface area contributed by atoms with Crippen molar-refractivity contribution in [2.24, 2.45) is 5.73 Å². The zero-order valence-electron chi connectivity index (χ0n) is 12.7. The number of hydrogen-bond donors (Lipinski definition) is 2. The van der Waals surface area contributed by atoms with Crippen molar-refractivity contribution in [1.82, 2.24) is 0 Å². The highest BCUT2D eigenvalue weighted by molar-refractivity contribution is 6.08. The number of hydrogen-bond acceptors (Lipinski definition) is 3. The number of rotatable bonds is 3. The first kappa shape index (κ1) is 14.9. The summed E-state index contributed by atoms with van der Waals surface area (Å²) < 4.78 is 5.08. The van der Waals surface area contributed by atoms with Crippen molar-refractivity contribution in [3.63, 3.8) is 0 Å². The Morgan fingerprint density at radius 2 is 1.87 bits per heavy atom. The lowest BCUT2D eigenvalue weighted by molar-refractivity contribution is -0.119. The lowest BCUT2D eigenvalue weighted by atomic mass is 10.1. The maximum atomic E-state index is 12.6. The topological polar surface area (TPSA) is 84.7 Å². The predicted molar refractivity (Wildman–Crippen MR) is 87.6 cm³/mol. The highest BCUT2D eigenvalue weighted by Gasteiger charge is 2.37. The standard InChI is InChI=1S/C17H17N3O3/c1-23-13-8-6-12(7-9-13)19-17(22)20-14-5-3-2-4-11(14)10-15(20)16(18)21/h2-9,15H,10H2,1H3,(H2,18,21)(H,19,22)/t15-/m0/s1. The van der Waals surface area contributed by atoms with Gasteiger partial charge in [-0.2, -0.15) is 0 Å². The molecule has 23 heavy (non-hydrogen) atoms. The summed E-state index contributed by atoms with van der Waals surface area (Å²) in [5.74, 6) is 0.176. The van der Waals surface area contributed by atoms with Gasteiger partial charge in [0.2, 0.25) is 5.91 Å². The van der Waals surface area contributed by atoms with Gasteiger partial charge >= 0.3 is 6.03 Å². The minimum Gasteiger partial charge on any atom is -0.497 e. The summed E-state index contributed by atoms with van der Waals surface area (Å²) in [6.45, 7) is 0. The number of methoxy groups -OCH3 is 1. The van der Waals surface area contributed by atoms with Gasteiger partial charge in [-0.25, -0.2) is 4.79 Å². The number of anilines is 2. The van der Waals surface area contributed by atoms with Gasteiger partial charge in [0.25, 0.3) is 0 Å². The molecule has 1 atom stereocenters. The highest BCUT2D eigenvalue weighted by atomic mass is 16.5. The molecule has 0 aliphatic carbocycles. The maximum Gasteiger partial charge on any atom is 0.327 e. The molecule has 1 aliphatic heterocycles. The molecule has 6 nitrogen and oxygen atoms in total. The third-order valence-electron chi connectivity index (χ3n) is 3.86. The molecule has 118 valence electrons. The van der Waals surface area contributed by atoms with E-state index >= 15 is 0 Å². The van der Waals surface area contributed by atoms with Gasteiger partial charge in [-0.05, 0) is 35.9 Å². The summed E-state index contributed by atoms with van der Waals surface area (Å²) in [6, 6.07) is 13.3. The zero-order valence-corrected chi connectivity index (χ0v) is 12.7. The van der Waals surface area contributed by atoms with Crippen LogP contribution in [0.5, 0.6) is 5.75 Å². The molecule has 0 saturated heterocycles. The van der Waals surface area contributed by atoms with Crippen LogP contribution in [0.1, 0.15) is 5.56 Å². The van der Waals surface area contributed by atoms with Crippen LogP contribution in [-0.4, -0.2) is 25.1 Å². The van der Waals surface area contributed by atoms with Gasteiger partial charge in [0.15, 0.2) is 0 Å². The normalized spacial score (nSPS) is 15.9. The van der Waals surface area contributed by atoms with Crippen LogP contribution in [-0.2, 0) is 11.2 Å². The van der Waals surface area contributed by atoms with E-state index in [9.17, 15) is 9.59 Å². The molecule has 0 fully saturated rings. The lowest BCUT2D eigenvalue weighted by Crippen LogP contribution is -2.47. The third kappa shape index (κ3) is 2.83. The molecule has 0 radical (unpaired) electrons. The smallest absolute Gasteiger partial charge is 0.327 e. The van der Waals surface area contributed by atoms with Crippen LogP contribution in [0, 0.1) is 0 Å². The molecular weight excluding hydrogens is 294 g/mol. The van der Waals surface area contributed by atoms with E-state index in [0.717, 1.165) is 5.56 Å². The number of urea groups is 1. The molecule has 6 heteroatoms. The number of benzene rings is 2. The molecule has 1 aliphatic rings. The predicted octanol–water partition coefficient (Wildman–Crippen LogP) is 2.14. The number of para-hydroxylation sites is 1. The molecule has 0 spiro atoms. The Labute approximate surface area is 133 Å². The Balaban J connectivity index is 1.85. The van der Waals surface area contributed by atoms with E-state index in [1.165, 1.54) is 4.90 Å². The first-order valence-electron chi connectivity index (χ1n) is 7.21. The average Bonchev–Trinajstić information content (AvgIpc) is 2.95. The molecule has 3 N–H and O–H groups in total. The Hall–Kier alpha value is -3.02. The van der Waals surface area contributed by atoms with Crippen molar-refractivity contribution < 1.29 is 14.3 Å². The zero-order chi connectivity index (χ0) is 16.4. The van der Waals surface area contributed by atoms with Gasteiger partial charge in [-0.3, -0.25) is 9.69 Å². The van der Waals surface area contributed by atoms with E-state index < -0.39 is 11.9 Å². The maximum absolute atomic E-state index is 12.6. The fourth-order valence-electron chi connectivity index (χ4n) is 2.72. The summed E-state index contributed by atoms with van der Waals surface area (Å²) in [6.07, 6.45) is 0.432. The molecule has 3 rings (SSSR count). The van der Waals surface area contributed by atoms with Crippen molar-refractivity contribution in [3.8, 4) is 5.75 Å². The van der Waals surface area contributed by atoms with Crippen LogP contribution < -0.4 is 20.7 Å². The van der Waals surface area contributed by atoms with Gasteiger partial charge in [0.1, 0.15) is 11.8 Å². The van der Waals surface area contributed by atoms with Crippen molar-refractivity contribution >= 4 is 23.3 Å². The van der Waals surface area contributed by atoms with Crippen LogP contribution in [0.2, 0.25) is 0 Å². The minimum atomic E-state index is -0.675. The number of carbonyl (C=O) groups excluding carboxylic acids is 2. The molecule has 2 aromatic rings. The first-order valence-corrected chi connectivity index (χ1v) is 7.21. The molecule has 0 saturated carbocycles. The van der Waals surface area contributed by atoms with Crippen LogP contribution in [0.15, 0.2) is 48.5 Å². The van der Waals surface area contributed by atoms with Gasteiger partial charge in [-0.1, -0.05) is 18.2 Å². The number of nitrogens with two attached hydrogens (primary N) is 1. The summed E-state index contributed by atoms with van der Waals surface area (Å²) in [5.41, 5.74) is 7.72. The van der Waals surface area contributed by atoms with E-state index in [0.29, 0.717) is 23.5 Å². The number of primary amides is 1. The van der Waals surface area contributed by atoms with Crippen LogP contribution in [0.3, 0.4) is 0 Å². The Kier molecular flexibility index (Phi) is 3.89. The second kappa shape index (κ2) is 6.00. The average molecular weight is 311 g/mol. The molecule has 3 amide bonds. The van der Waals surface area contributed by atoms with Crippen LogP contribution in [0.25, 0.3) is 0 Å². The van der Waals surface area contributed by atoms with Crippen molar-refractivity contribution in [1.29, 1.82) is 0 Å². The fourth-order valence-corrected chi connectivity index (χ4v) is 2.72. The molecular formula is C17H17N3O3. The van der Waals surface area contributed by atoms with Gasteiger partial charge in [0, 0.05) is 17.8 Å². The first-order chi connectivity index (χ1) is 11.1. The van der Waals surface area contributed by atoms with Gasteiger partial charge in [0.05, 0.1) is 7.11 Å². The largest absolute Gasteiger partial charge is 0.497 e. The van der Waals surface area contributed by atoms with Crippen molar-refractivity contribution in [3.05, 3.63) is 54.1 Å². The van der Waals surface area contributed by atoms with Crippen molar-refractivity contribution in [2.45, 2.75) is 12.5 Å². The monoisotopic (exact) mass is 311 g/mol. The number of nitrogens with one attached hydrogen (secondary N) is 1. The lowest BCUT2D eigenvalue weighted by Gasteiger charge is -2.23. The fraction of sp³-hybridized carbons (Fsp3) is 0.176. The second-order valence-corrected chi connectivity index (χ2v) is 5.28. The van der Waals surface area contributed by atoms with Crippen LogP contribution >= 0.6 is 0 Å². The minimum absolute atomic E-state index is 0.385. The summed E-state index contributed by atoms with van der Waals surface area (Å²) >= 11 is 0. The Morgan fingerprint density at radius 1 is 1.17 bits per heavy atom. The van der Waals surface area contributed by atoms with Crippen molar-refractivity contribution in [2.75, 3.05) is 17.3 Å². The molecule has 1 heterocycles. The molecule has 0 unspecified atom stereocenters. The van der Waals surface area contributed by atoms with E-state index in [2.05, 4.69) is 5.32 Å². The Morgan fingerprint density at radius 3 is 2.52 bits per heavy atom. The second-order valence-electron chi connectivity index (χ2n) is 5.28. The third-order valence-corrected chi connectivity index (χ3v) is 3.86. The summed E-state index contributed by atoms with van der Waals surface area (Å²) in [7, 11) is 1.58. The number of ether oxygens (including phenoxy) is 1. The van der Waals surface area contributed by atoms with E-state index in [1.807, 2.05) is 24.3 Å². The molecule has 0 bridgehead atoms. The SMILES string of the molecule is COc1ccc(NC(=O)N2c3ccccc3C[C@H]2C(N)=O)cc1. The quantitative estimate of drug-likeness (QED) is 0.911. The van der Waals surface area contributed by atoms with E-state index in [1.54, 1.807) is 31.4 Å². The van der Waals surface area contributed by atoms with E-state index in [4.69, 9.17) is 10.5 Å². The Bertz CT molecular complexity index is 743. The van der Waals surface area contributed by atoms with Gasteiger partial charge in [-0.15, -0.1) is 0 Å². The highest BCUT2D eigenvalue weighted by Crippen LogP contribution is 2.32. The van der Waals surface area contributed by atoms with Crippen LogP contribution in [0.4, 0.5) is 16.2 Å². The molecule has 2 aromatic carbocycles. The number of nitrogens with zero attached hydrogens (tertiary/aromatic N) is 1.